The van der Waals surface area contributed by atoms with E-state index in [4.69, 9.17) is 0 Å². The van der Waals surface area contributed by atoms with Crippen molar-refractivity contribution in [1.29, 1.82) is 0 Å². The van der Waals surface area contributed by atoms with Crippen LogP contribution >= 0.6 is 0 Å². The Kier molecular flexibility index (Phi) is 6.64. The molecule has 144 valence electrons. The minimum Gasteiger partial charge on any atom is -0.324 e. The van der Waals surface area contributed by atoms with E-state index >= 15 is 0 Å². The van der Waals surface area contributed by atoms with Crippen molar-refractivity contribution in [2.75, 3.05) is 38.0 Å². The zero-order valence-corrected chi connectivity index (χ0v) is 16.7. The molecular formula is C23H31N3O. The zero-order chi connectivity index (χ0) is 19.2. The van der Waals surface area contributed by atoms with E-state index < -0.39 is 0 Å². The van der Waals surface area contributed by atoms with Gasteiger partial charge in [-0.15, -0.1) is 0 Å². The van der Waals surface area contributed by atoms with Crippen LogP contribution in [0, 0.1) is 13.8 Å². The standard InChI is InChI=1S/C23H31N3O/c1-18-9-10-22(19(2)17-18)24-23(27)20(3)26-15-13-25(14-16-26)12-11-21-7-5-4-6-8-21/h4-10,17,20H,11-16H2,1-3H3,(H,24,27)/t20-/m0/s1. The van der Waals surface area contributed by atoms with E-state index in [2.05, 4.69) is 58.4 Å². The van der Waals surface area contributed by atoms with Crippen LogP contribution in [0.4, 0.5) is 5.69 Å². The monoisotopic (exact) mass is 365 g/mol. The second kappa shape index (κ2) is 9.16. The first kappa shape index (κ1) is 19.6. The van der Waals surface area contributed by atoms with E-state index in [1.54, 1.807) is 0 Å². The Balaban J connectivity index is 1.46. The summed E-state index contributed by atoms with van der Waals surface area (Å²) in [6.07, 6.45) is 1.09. The van der Waals surface area contributed by atoms with Gasteiger partial charge in [-0.25, -0.2) is 0 Å². The lowest BCUT2D eigenvalue weighted by Crippen LogP contribution is -2.53. The molecule has 0 aromatic heterocycles. The number of carbonyl (C=O) groups excluding carboxylic acids is 1. The van der Waals surface area contributed by atoms with Crippen molar-refractivity contribution in [3.05, 3.63) is 65.2 Å². The largest absolute Gasteiger partial charge is 0.324 e. The van der Waals surface area contributed by atoms with E-state index in [1.807, 2.05) is 26.0 Å². The summed E-state index contributed by atoms with van der Waals surface area (Å²) < 4.78 is 0. The van der Waals surface area contributed by atoms with Gasteiger partial charge in [0.1, 0.15) is 0 Å². The first-order valence-electron chi connectivity index (χ1n) is 9.91. The number of rotatable bonds is 6. The quantitative estimate of drug-likeness (QED) is 0.851. The number of piperazine rings is 1. The number of hydrogen-bond donors (Lipinski definition) is 1. The lowest BCUT2D eigenvalue weighted by atomic mass is 10.1. The molecule has 0 unspecified atom stereocenters. The van der Waals surface area contributed by atoms with Crippen LogP contribution in [0.5, 0.6) is 0 Å². The van der Waals surface area contributed by atoms with E-state index in [0.29, 0.717) is 0 Å². The number of hydrogen-bond acceptors (Lipinski definition) is 3. The van der Waals surface area contributed by atoms with Gasteiger partial charge in [0.25, 0.3) is 0 Å². The molecule has 1 fully saturated rings. The summed E-state index contributed by atoms with van der Waals surface area (Å²) in [6.45, 7) is 11.1. The first-order valence-corrected chi connectivity index (χ1v) is 9.91. The maximum atomic E-state index is 12.7. The highest BCUT2D eigenvalue weighted by molar-refractivity contribution is 5.95. The lowest BCUT2D eigenvalue weighted by molar-refractivity contribution is -0.121. The summed E-state index contributed by atoms with van der Waals surface area (Å²) in [4.78, 5) is 17.5. The van der Waals surface area contributed by atoms with Gasteiger partial charge in [-0.2, -0.15) is 0 Å². The summed E-state index contributed by atoms with van der Waals surface area (Å²) in [5, 5.41) is 3.10. The third-order valence-corrected chi connectivity index (χ3v) is 5.53. The summed E-state index contributed by atoms with van der Waals surface area (Å²) in [5.74, 6) is 0.0830. The Morgan fingerprint density at radius 2 is 1.74 bits per heavy atom. The first-order chi connectivity index (χ1) is 13.0. The van der Waals surface area contributed by atoms with Crippen molar-refractivity contribution in [2.45, 2.75) is 33.2 Å². The van der Waals surface area contributed by atoms with Crippen LogP contribution < -0.4 is 5.32 Å². The molecule has 3 rings (SSSR count). The van der Waals surface area contributed by atoms with E-state index in [-0.39, 0.29) is 11.9 Å². The maximum absolute atomic E-state index is 12.7. The Morgan fingerprint density at radius 3 is 2.41 bits per heavy atom. The molecule has 0 radical (unpaired) electrons. The second-order valence-electron chi connectivity index (χ2n) is 7.60. The fourth-order valence-corrected chi connectivity index (χ4v) is 3.66. The highest BCUT2D eigenvalue weighted by Crippen LogP contribution is 2.17. The molecule has 27 heavy (non-hydrogen) atoms. The number of amides is 1. The SMILES string of the molecule is Cc1ccc(NC(=O)[C@H](C)N2CCN(CCc3ccccc3)CC2)c(C)c1. The number of aryl methyl sites for hydroxylation is 2. The molecule has 0 saturated carbocycles. The van der Waals surface area contributed by atoms with Crippen molar-refractivity contribution in [3.8, 4) is 0 Å². The van der Waals surface area contributed by atoms with Gasteiger partial charge >= 0.3 is 0 Å². The second-order valence-corrected chi connectivity index (χ2v) is 7.60. The molecule has 1 saturated heterocycles. The fourth-order valence-electron chi connectivity index (χ4n) is 3.66. The number of nitrogens with one attached hydrogen (secondary N) is 1. The van der Waals surface area contributed by atoms with Crippen LogP contribution in [-0.2, 0) is 11.2 Å². The average Bonchev–Trinajstić information content (AvgIpc) is 2.69. The van der Waals surface area contributed by atoms with Gasteiger partial charge in [0.05, 0.1) is 6.04 Å². The fraction of sp³-hybridized carbons (Fsp3) is 0.435. The molecule has 1 aliphatic rings. The van der Waals surface area contributed by atoms with Crippen molar-refractivity contribution in [1.82, 2.24) is 9.80 Å². The molecule has 2 aromatic rings. The number of benzene rings is 2. The van der Waals surface area contributed by atoms with Crippen LogP contribution in [-0.4, -0.2) is 54.5 Å². The molecule has 1 atom stereocenters. The van der Waals surface area contributed by atoms with Gasteiger partial charge in [0.2, 0.25) is 5.91 Å². The summed E-state index contributed by atoms with van der Waals surface area (Å²) in [7, 11) is 0. The summed E-state index contributed by atoms with van der Waals surface area (Å²) in [5.41, 5.74) is 4.63. The Hall–Kier alpha value is -2.17. The normalized spacial score (nSPS) is 16.9. The van der Waals surface area contributed by atoms with Crippen LogP contribution in [0.25, 0.3) is 0 Å². The van der Waals surface area contributed by atoms with Crippen LogP contribution in [0.1, 0.15) is 23.6 Å². The minimum atomic E-state index is -0.109. The molecule has 1 N–H and O–H groups in total. The lowest BCUT2D eigenvalue weighted by Gasteiger charge is -2.37. The number of anilines is 1. The van der Waals surface area contributed by atoms with Gasteiger partial charge in [0, 0.05) is 38.4 Å². The molecular weight excluding hydrogens is 334 g/mol. The average molecular weight is 366 g/mol. The molecule has 1 aliphatic heterocycles. The van der Waals surface area contributed by atoms with Crippen molar-refractivity contribution in [2.24, 2.45) is 0 Å². The molecule has 4 heteroatoms. The van der Waals surface area contributed by atoms with Gasteiger partial charge in [-0.05, 0) is 44.4 Å². The summed E-state index contributed by atoms with van der Waals surface area (Å²) >= 11 is 0. The van der Waals surface area contributed by atoms with Gasteiger partial charge in [-0.1, -0.05) is 48.0 Å². The zero-order valence-electron chi connectivity index (χ0n) is 16.7. The molecule has 4 nitrogen and oxygen atoms in total. The smallest absolute Gasteiger partial charge is 0.241 e. The van der Waals surface area contributed by atoms with Crippen LogP contribution in [0.15, 0.2) is 48.5 Å². The summed E-state index contributed by atoms with van der Waals surface area (Å²) in [6, 6.07) is 16.7. The highest BCUT2D eigenvalue weighted by Gasteiger charge is 2.25. The predicted octanol–water partition coefficient (Wildman–Crippen LogP) is 3.49. The molecule has 1 amide bonds. The maximum Gasteiger partial charge on any atom is 0.241 e. The van der Waals surface area contributed by atoms with Crippen molar-refractivity contribution in [3.63, 3.8) is 0 Å². The third kappa shape index (κ3) is 5.41. The molecule has 2 aromatic carbocycles. The molecule has 0 spiro atoms. The molecule has 0 bridgehead atoms. The van der Waals surface area contributed by atoms with Gasteiger partial charge in [-0.3, -0.25) is 9.69 Å². The van der Waals surface area contributed by atoms with E-state index in [0.717, 1.165) is 50.4 Å². The predicted molar refractivity (Wildman–Crippen MR) is 112 cm³/mol. The van der Waals surface area contributed by atoms with Crippen LogP contribution in [0.2, 0.25) is 0 Å². The molecule has 1 heterocycles. The Morgan fingerprint density at radius 1 is 1.04 bits per heavy atom. The topological polar surface area (TPSA) is 35.6 Å². The van der Waals surface area contributed by atoms with Crippen LogP contribution in [0.3, 0.4) is 0 Å². The number of carbonyl (C=O) groups is 1. The van der Waals surface area contributed by atoms with Gasteiger partial charge in [0.15, 0.2) is 0 Å². The third-order valence-electron chi connectivity index (χ3n) is 5.53. The number of nitrogens with zero attached hydrogens (tertiary/aromatic N) is 2. The van der Waals surface area contributed by atoms with Crippen molar-refractivity contribution < 1.29 is 4.79 Å². The van der Waals surface area contributed by atoms with E-state index in [9.17, 15) is 4.79 Å². The minimum absolute atomic E-state index is 0.0830. The Labute approximate surface area is 163 Å². The highest BCUT2D eigenvalue weighted by atomic mass is 16.2. The van der Waals surface area contributed by atoms with Gasteiger partial charge < -0.3 is 10.2 Å². The Bertz CT molecular complexity index is 751. The molecule has 0 aliphatic carbocycles. The van der Waals surface area contributed by atoms with Crippen molar-refractivity contribution >= 4 is 11.6 Å². The van der Waals surface area contributed by atoms with E-state index in [1.165, 1.54) is 11.1 Å².